The fourth-order valence-electron chi connectivity index (χ4n) is 1.58. The molecule has 1 aromatic carbocycles. The second-order valence-electron chi connectivity index (χ2n) is 4.15. The van der Waals surface area contributed by atoms with E-state index >= 15 is 0 Å². The lowest BCUT2D eigenvalue weighted by atomic mass is 10.2. The molecule has 2 rings (SSSR count). The number of nitrogens with zero attached hydrogens (tertiary/aromatic N) is 1. The molecule has 2 N–H and O–H groups in total. The average molecular weight is 291 g/mol. The van der Waals surface area contributed by atoms with Crippen molar-refractivity contribution in [3.63, 3.8) is 0 Å². The Hall–Kier alpha value is -2.41. The van der Waals surface area contributed by atoms with E-state index in [1.165, 1.54) is 6.07 Å². The molecule has 0 atom stereocenters. The van der Waals surface area contributed by atoms with Gasteiger partial charge in [-0.15, -0.1) is 0 Å². The third-order valence-electron chi connectivity index (χ3n) is 2.37. The van der Waals surface area contributed by atoms with E-state index in [0.717, 1.165) is 6.26 Å². The fraction of sp³-hybridized carbons (Fsp3) is 0.0769. The van der Waals surface area contributed by atoms with Crippen molar-refractivity contribution in [1.82, 2.24) is 4.98 Å². The van der Waals surface area contributed by atoms with Gasteiger partial charge in [-0.3, -0.25) is 14.5 Å². The standard InChI is InChI=1S/C13H13N3O3S/c1-20(18,19)16-12-4-2-3-10(9-12)13(17)15-11-5-7-14-8-6-11/h2-9,16H,1H3,(H,14,15,17). The van der Waals surface area contributed by atoms with E-state index in [-0.39, 0.29) is 5.91 Å². The van der Waals surface area contributed by atoms with E-state index in [1.807, 2.05) is 0 Å². The first kappa shape index (κ1) is 14.0. The number of carbonyl (C=O) groups excluding carboxylic acids is 1. The van der Waals surface area contributed by atoms with Crippen molar-refractivity contribution in [3.05, 3.63) is 54.4 Å². The highest BCUT2D eigenvalue weighted by Crippen LogP contribution is 2.14. The van der Waals surface area contributed by atoms with Crippen LogP contribution in [-0.4, -0.2) is 25.6 Å². The molecule has 0 aliphatic heterocycles. The predicted octanol–water partition coefficient (Wildman–Crippen LogP) is 1.71. The van der Waals surface area contributed by atoms with Gasteiger partial charge in [0.1, 0.15) is 0 Å². The first-order valence-electron chi connectivity index (χ1n) is 5.73. The summed E-state index contributed by atoms with van der Waals surface area (Å²) in [5.41, 5.74) is 1.32. The van der Waals surface area contributed by atoms with Crippen LogP contribution in [0.15, 0.2) is 48.8 Å². The van der Waals surface area contributed by atoms with Gasteiger partial charge in [-0.25, -0.2) is 8.42 Å². The summed E-state index contributed by atoms with van der Waals surface area (Å²) in [6.45, 7) is 0. The normalized spacial score (nSPS) is 10.8. The van der Waals surface area contributed by atoms with Crippen molar-refractivity contribution >= 4 is 27.3 Å². The molecule has 0 unspecified atom stereocenters. The van der Waals surface area contributed by atoms with Crippen LogP contribution in [0.25, 0.3) is 0 Å². The van der Waals surface area contributed by atoms with Crippen molar-refractivity contribution in [1.29, 1.82) is 0 Å². The second-order valence-corrected chi connectivity index (χ2v) is 5.89. The van der Waals surface area contributed by atoms with Crippen LogP contribution in [0.2, 0.25) is 0 Å². The summed E-state index contributed by atoms with van der Waals surface area (Å²) < 4.78 is 24.6. The molecule has 0 spiro atoms. The number of anilines is 2. The molecule has 1 heterocycles. The maximum absolute atomic E-state index is 12.0. The molecule has 1 aromatic heterocycles. The molecule has 0 fully saturated rings. The number of pyridine rings is 1. The van der Waals surface area contributed by atoms with Crippen LogP contribution in [0.4, 0.5) is 11.4 Å². The van der Waals surface area contributed by atoms with Crippen molar-refractivity contribution in [2.24, 2.45) is 0 Å². The van der Waals surface area contributed by atoms with Crippen LogP contribution in [0, 0.1) is 0 Å². The minimum Gasteiger partial charge on any atom is -0.322 e. The Bertz CT molecular complexity index is 715. The summed E-state index contributed by atoms with van der Waals surface area (Å²) in [6, 6.07) is 9.58. The van der Waals surface area contributed by atoms with E-state index in [9.17, 15) is 13.2 Å². The van der Waals surface area contributed by atoms with Gasteiger partial charge in [0.2, 0.25) is 10.0 Å². The highest BCUT2D eigenvalue weighted by atomic mass is 32.2. The molecule has 1 amide bonds. The van der Waals surface area contributed by atoms with Gasteiger partial charge >= 0.3 is 0 Å². The number of amides is 1. The van der Waals surface area contributed by atoms with Crippen molar-refractivity contribution < 1.29 is 13.2 Å². The summed E-state index contributed by atoms with van der Waals surface area (Å²) in [4.78, 5) is 15.9. The summed E-state index contributed by atoms with van der Waals surface area (Å²) >= 11 is 0. The lowest BCUT2D eigenvalue weighted by Crippen LogP contribution is -2.13. The molecule has 20 heavy (non-hydrogen) atoms. The van der Waals surface area contributed by atoms with Crippen molar-refractivity contribution in [3.8, 4) is 0 Å². The van der Waals surface area contributed by atoms with Gasteiger partial charge in [-0.2, -0.15) is 0 Å². The van der Waals surface area contributed by atoms with Gasteiger partial charge < -0.3 is 5.32 Å². The predicted molar refractivity (Wildman–Crippen MR) is 77.1 cm³/mol. The smallest absolute Gasteiger partial charge is 0.255 e. The third kappa shape index (κ3) is 4.06. The second kappa shape index (κ2) is 5.70. The minimum atomic E-state index is -3.37. The summed E-state index contributed by atoms with van der Waals surface area (Å²) in [7, 11) is -3.37. The number of nitrogens with one attached hydrogen (secondary N) is 2. The first-order chi connectivity index (χ1) is 9.44. The number of hydrogen-bond donors (Lipinski definition) is 2. The highest BCUT2D eigenvalue weighted by molar-refractivity contribution is 7.92. The molecule has 0 aliphatic rings. The zero-order valence-corrected chi connectivity index (χ0v) is 11.5. The Morgan fingerprint density at radius 3 is 2.45 bits per heavy atom. The molecular formula is C13H13N3O3S. The molecule has 0 radical (unpaired) electrons. The first-order valence-corrected chi connectivity index (χ1v) is 7.62. The van der Waals surface area contributed by atoms with E-state index in [0.29, 0.717) is 16.9 Å². The quantitative estimate of drug-likeness (QED) is 0.897. The molecule has 2 aromatic rings. The maximum atomic E-state index is 12.0. The zero-order chi connectivity index (χ0) is 14.6. The minimum absolute atomic E-state index is 0.326. The van der Waals surface area contributed by atoms with Crippen LogP contribution >= 0.6 is 0 Å². The molecule has 6 nitrogen and oxygen atoms in total. The SMILES string of the molecule is CS(=O)(=O)Nc1cccc(C(=O)Nc2ccncc2)c1. The maximum Gasteiger partial charge on any atom is 0.255 e. The lowest BCUT2D eigenvalue weighted by Gasteiger charge is -2.07. The number of carbonyl (C=O) groups is 1. The largest absolute Gasteiger partial charge is 0.322 e. The van der Waals surface area contributed by atoms with Crippen LogP contribution < -0.4 is 10.0 Å². The molecular weight excluding hydrogens is 278 g/mol. The average Bonchev–Trinajstić information content (AvgIpc) is 2.38. The zero-order valence-electron chi connectivity index (χ0n) is 10.7. The van der Waals surface area contributed by atoms with E-state index in [2.05, 4.69) is 15.0 Å². The molecule has 0 aliphatic carbocycles. The van der Waals surface area contributed by atoms with Crippen molar-refractivity contribution in [2.45, 2.75) is 0 Å². The van der Waals surface area contributed by atoms with E-state index < -0.39 is 10.0 Å². The van der Waals surface area contributed by atoms with Crippen LogP contribution in [-0.2, 0) is 10.0 Å². The number of benzene rings is 1. The Morgan fingerprint density at radius 2 is 1.80 bits per heavy atom. The topological polar surface area (TPSA) is 88.2 Å². The molecule has 0 saturated heterocycles. The van der Waals surface area contributed by atoms with Crippen LogP contribution in [0.5, 0.6) is 0 Å². The monoisotopic (exact) mass is 291 g/mol. The van der Waals surface area contributed by atoms with Gasteiger partial charge in [-0.1, -0.05) is 6.07 Å². The summed E-state index contributed by atoms with van der Waals surface area (Å²) in [6.07, 6.45) is 4.19. The van der Waals surface area contributed by atoms with Gasteiger partial charge in [0, 0.05) is 29.3 Å². The van der Waals surface area contributed by atoms with Crippen LogP contribution in [0.1, 0.15) is 10.4 Å². The number of hydrogen-bond acceptors (Lipinski definition) is 4. The Kier molecular flexibility index (Phi) is 3.99. The Morgan fingerprint density at radius 1 is 1.10 bits per heavy atom. The molecule has 0 bridgehead atoms. The Balaban J connectivity index is 2.16. The number of rotatable bonds is 4. The van der Waals surface area contributed by atoms with E-state index in [1.54, 1.807) is 42.7 Å². The molecule has 104 valence electrons. The fourth-order valence-corrected chi connectivity index (χ4v) is 2.13. The van der Waals surface area contributed by atoms with Gasteiger partial charge in [0.25, 0.3) is 5.91 Å². The lowest BCUT2D eigenvalue weighted by molar-refractivity contribution is 0.102. The van der Waals surface area contributed by atoms with Gasteiger partial charge in [0.05, 0.1) is 6.26 Å². The van der Waals surface area contributed by atoms with Gasteiger partial charge in [0.15, 0.2) is 0 Å². The number of aromatic nitrogens is 1. The molecule has 0 saturated carbocycles. The Labute approximate surface area is 116 Å². The van der Waals surface area contributed by atoms with E-state index in [4.69, 9.17) is 0 Å². The summed E-state index contributed by atoms with van der Waals surface area (Å²) in [5.74, 6) is -0.326. The van der Waals surface area contributed by atoms with Gasteiger partial charge in [-0.05, 0) is 30.3 Å². The number of sulfonamides is 1. The third-order valence-corrected chi connectivity index (χ3v) is 2.97. The van der Waals surface area contributed by atoms with Crippen molar-refractivity contribution in [2.75, 3.05) is 16.3 Å². The summed E-state index contributed by atoms with van der Waals surface area (Å²) in [5, 5.41) is 2.69. The van der Waals surface area contributed by atoms with Crippen LogP contribution in [0.3, 0.4) is 0 Å². The molecule has 7 heteroatoms. The highest BCUT2D eigenvalue weighted by Gasteiger charge is 2.08.